The summed E-state index contributed by atoms with van der Waals surface area (Å²) in [6, 6.07) is 0.717. The van der Waals surface area contributed by atoms with Crippen molar-refractivity contribution in [1.82, 2.24) is 24.2 Å². The van der Waals surface area contributed by atoms with E-state index < -0.39 is 29.0 Å². The van der Waals surface area contributed by atoms with E-state index in [1.54, 1.807) is 11.6 Å². The van der Waals surface area contributed by atoms with Gasteiger partial charge in [-0.25, -0.2) is 18.4 Å². The second-order valence-corrected chi connectivity index (χ2v) is 9.28. The quantitative estimate of drug-likeness (QED) is 0.478. The summed E-state index contributed by atoms with van der Waals surface area (Å²) in [6.45, 7) is 0.467. The van der Waals surface area contributed by atoms with E-state index in [-0.39, 0.29) is 53.9 Å². The van der Waals surface area contributed by atoms with Gasteiger partial charge in [-0.1, -0.05) is 5.92 Å². The third-order valence-corrected chi connectivity index (χ3v) is 6.88. The zero-order valence-electron chi connectivity index (χ0n) is 20.8. The fraction of sp³-hybridized carbons (Fsp3) is 0.385. The van der Waals surface area contributed by atoms with E-state index in [9.17, 15) is 14.0 Å². The summed E-state index contributed by atoms with van der Waals surface area (Å²) in [6.07, 6.45) is 9.14. The summed E-state index contributed by atoms with van der Waals surface area (Å²) in [4.78, 5) is 30.3. The first kappa shape index (κ1) is 25.2. The summed E-state index contributed by atoms with van der Waals surface area (Å²) in [5, 5.41) is 7.36. The molecule has 0 bridgehead atoms. The van der Waals surface area contributed by atoms with Crippen LogP contribution in [0.1, 0.15) is 53.0 Å². The van der Waals surface area contributed by atoms with E-state index in [1.165, 1.54) is 29.1 Å². The third-order valence-electron chi connectivity index (χ3n) is 6.88. The first-order valence-corrected chi connectivity index (χ1v) is 12.0. The van der Waals surface area contributed by atoms with Crippen molar-refractivity contribution in [2.45, 2.75) is 37.4 Å². The largest absolute Gasteiger partial charge is 0.383 e. The molecule has 1 unspecified atom stereocenters. The maximum atomic E-state index is 15.2. The maximum absolute atomic E-state index is 15.2. The molecule has 0 spiro atoms. The molecule has 2 atom stereocenters. The number of hydrogen-bond donors (Lipinski definition) is 2. The van der Waals surface area contributed by atoms with E-state index in [0.29, 0.717) is 11.9 Å². The Bertz CT molecular complexity index is 1550. The maximum Gasteiger partial charge on any atom is 0.298 e. The zero-order valence-corrected chi connectivity index (χ0v) is 20.8. The number of methoxy groups -OCH3 is 1. The van der Waals surface area contributed by atoms with Crippen LogP contribution in [-0.4, -0.2) is 69.4 Å². The van der Waals surface area contributed by atoms with Gasteiger partial charge in [0.15, 0.2) is 11.5 Å². The Morgan fingerprint density at radius 2 is 2.05 bits per heavy atom. The van der Waals surface area contributed by atoms with Crippen LogP contribution in [0.5, 0.6) is 0 Å². The average Bonchev–Trinajstić information content (AvgIpc) is 3.33. The minimum atomic E-state index is -0.887. The number of nitrogens with one attached hydrogen (secondary N) is 1. The van der Waals surface area contributed by atoms with Crippen LogP contribution in [0.2, 0.25) is 0 Å². The van der Waals surface area contributed by atoms with Crippen molar-refractivity contribution in [2.24, 2.45) is 5.73 Å². The van der Waals surface area contributed by atoms with E-state index in [4.69, 9.17) is 16.9 Å². The number of imidazole rings is 1. The summed E-state index contributed by atoms with van der Waals surface area (Å²) in [7, 11) is 3.09. The highest BCUT2D eigenvalue weighted by molar-refractivity contribution is 6.00. The smallest absolute Gasteiger partial charge is 0.298 e. The second-order valence-electron chi connectivity index (χ2n) is 9.28. The molecule has 196 valence electrons. The first-order chi connectivity index (χ1) is 18.3. The molecule has 2 fully saturated rings. The van der Waals surface area contributed by atoms with E-state index in [0.717, 1.165) is 12.8 Å². The predicted octanol–water partition coefficient (Wildman–Crippen LogP) is 1.81. The van der Waals surface area contributed by atoms with Gasteiger partial charge in [0.25, 0.3) is 11.8 Å². The predicted molar refractivity (Wildman–Crippen MR) is 134 cm³/mol. The van der Waals surface area contributed by atoms with Gasteiger partial charge in [-0.05, 0) is 31.1 Å². The number of rotatable bonds is 6. The highest BCUT2D eigenvalue weighted by Gasteiger charge is 2.38. The van der Waals surface area contributed by atoms with Crippen LogP contribution in [-0.2, 0) is 9.53 Å². The Kier molecular flexibility index (Phi) is 6.51. The fourth-order valence-corrected chi connectivity index (χ4v) is 4.99. The van der Waals surface area contributed by atoms with Gasteiger partial charge in [0.1, 0.15) is 22.7 Å². The van der Waals surface area contributed by atoms with Gasteiger partial charge in [0.2, 0.25) is 0 Å². The molecule has 3 heterocycles. The van der Waals surface area contributed by atoms with Crippen molar-refractivity contribution < 1.29 is 23.1 Å². The number of amides is 2. The number of aromatic nitrogens is 4. The number of fused-ring (bicyclic) bond motifs is 1. The fourth-order valence-electron chi connectivity index (χ4n) is 4.99. The van der Waals surface area contributed by atoms with E-state index in [2.05, 4.69) is 33.2 Å². The summed E-state index contributed by atoms with van der Waals surface area (Å²) < 4.78 is 38.7. The van der Waals surface area contributed by atoms with Gasteiger partial charge < -0.3 is 25.3 Å². The number of anilines is 1. The standard InChI is InChI=1S/C26H25F2N7O3/c1-4-21(36)33-11-15(9-16(33)12-38-3)35-26(30-2)22(25(29)37)19(32-35)8-7-17-18(27)10-20-24(23(17)28)31-13-34(20)14-5-6-14/h1,10,13-16,30H,5-6,9,11-12H2,2-3H3,(H2,29,37)/t15?,16-/m1/s1. The molecule has 1 aliphatic carbocycles. The molecule has 2 amide bonds. The Morgan fingerprint density at radius 1 is 1.29 bits per heavy atom. The van der Waals surface area contributed by atoms with Gasteiger partial charge in [0, 0.05) is 32.8 Å². The number of ether oxygens (including phenoxy) is 1. The van der Waals surface area contributed by atoms with Gasteiger partial charge in [-0.3, -0.25) is 9.59 Å². The molecule has 12 heteroatoms. The lowest BCUT2D eigenvalue weighted by atomic mass is 10.1. The number of carbonyl (C=O) groups excluding carboxylic acids is 2. The van der Waals surface area contributed by atoms with Crippen molar-refractivity contribution in [3.05, 3.63) is 40.8 Å². The molecule has 2 aliphatic rings. The normalized spacial score (nSPS) is 18.8. The van der Waals surface area contributed by atoms with Crippen LogP contribution in [0, 0.1) is 35.8 Å². The number of primary amides is 1. The average molecular weight is 522 g/mol. The molecule has 0 radical (unpaired) electrons. The van der Waals surface area contributed by atoms with E-state index >= 15 is 4.39 Å². The molecular formula is C26H25F2N7O3. The van der Waals surface area contributed by atoms with Crippen LogP contribution in [0.25, 0.3) is 11.0 Å². The Morgan fingerprint density at radius 3 is 2.68 bits per heavy atom. The molecule has 3 N–H and O–H groups in total. The number of carbonyl (C=O) groups is 2. The molecule has 2 aromatic heterocycles. The molecule has 38 heavy (non-hydrogen) atoms. The highest BCUT2D eigenvalue weighted by Crippen LogP contribution is 2.38. The Balaban J connectivity index is 1.55. The number of nitrogens with two attached hydrogens (primary N) is 1. The number of nitrogens with zero attached hydrogens (tertiary/aromatic N) is 5. The molecule has 1 aliphatic heterocycles. The summed E-state index contributed by atoms with van der Waals surface area (Å²) in [5.41, 5.74) is 5.45. The molecule has 1 saturated heterocycles. The third kappa shape index (κ3) is 4.23. The van der Waals surface area contributed by atoms with Gasteiger partial charge in [-0.15, -0.1) is 6.42 Å². The van der Waals surface area contributed by atoms with Crippen LogP contribution in [0.4, 0.5) is 14.6 Å². The van der Waals surface area contributed by atoms with Crippen molar-refractivity contribution in [3.8, 4) is 24.2 Å². The summed E-state index contributed by atoms with van der Waals surface area (Å²) in [5.74, 6) is 4.44. The lowest BCUT2D eigenvalue weighted by Crippen LogP contribution is -2.37. The van der Waals surface area contributed by atoms with Crippen molar-refractivity contribution in [3.63, 3.8) is 0 Å². The lowest BCUT2D eigenvalue weighted by Gasteiger charge is -2.21. The van der Waals surface area contributed by atoms with E-state index in [1.807, 2.05) is 0 Å². The molecule has 1 aromatic carbocycles. The molecule has 3 aromatic rings. The minimum absolute atomic E-state index is 0.0209. The zero-order chi connectivity index (χ0) is 27.1. The first-order valence-electron chi connectivity index (χ1n) is 12.0. The highest BCUT2D eigenvalue weighted by atomic mass is 19.1. The molecule has 1 saturated carbocycles. The van der Waals surface area contributed by atoms with Crippen molar-refractivity contribution in [2.75, 3.05) is 32.6 Å². The molecule has 5 rings (SSSR count). The van der Waals surface area contributed by atoms with Gasteiger partial charge in [-0.2, -0.15) is 5.10 Å². The number of halogens is 2. The van der Waals surface area contributed by atoms with Crippen molar-refractivity contribution >= 4 is 28.7 Å². The number of benzene rings is 1. The van der Waals surface area contributed by atoms with Crippen LogP contribution in [0.3, 0.4) is 0 Å². The number of hydrogen-bond acceptors (Lipinski definition) is 6. The number of likely N-dealkylation sites (tertiary alicyclic amines) is 1. The van der Waals surface area contributed by atoms with Gasteiger partial charge in [0.05, 0.1) is 36.1 Å². The monoisotopic (exact) mass is 521 g/mol. The molecule has 10 nitrogen and oxygen atoms in total. The van der Waals surface area contributed by atoms with Crippen LogP contribution >= 0.6 is 0 Å². The van der Waals surface area contributed by atoms with Crippen LogP contribution in [0.15, 0.2) is 12.4 Å². The minimum Gasteiger partial charge on any atom is -0.383 e. The Hall–Kier alpha value is -4.42. The second kappa shape index (κ2) is 9.80. The topological polar surface area (TPSA) is 120 Å². The Labute approximate surface area is 217 Å². The molecular weight excluding hydrogens is 496 g/mol. The van der Waals surface area contributed by atoms with Gasteiger partial charge >= 0.3 is 0 Å². The van der Waals surface area contributed by atoms with Crippen LogP contribution < -0.4 is 11.1 Å². The summed E-state index contributed by atoms with van der Waals surface area (Å²) >= 11 is 0. The van der Waals surface area contributed by atoms with Crippen molar-refractivity contribution in [1.29, 1.82) is 0 Å². The SMILES string of the molecule is C#CC(=O)N1CC(n2nc(C#Cc3c(F)cc4c(ncn4C4CC4)c3F)c(C(N)=O)c2NC)C[C@@H]1COC. The lowest BCUT2D eigenvalue weighted by molar-refractivity contribution is -0.126. The number of terminal acetylenes is 1.